The Morgan fingerprint density at radius 2 is 2.00 bits per heavy atom. The van der Waals surface area contributed by atoms with E-state index in [-0.39, 0.29) is 5.91 Å². The van der Waals surface area contributed by atoms with Gasteiger partial charge >= 0.3 is 0 Å². The maximum atomic E-state index is 11.5. The van der Waals surface area contributed by atoms with Crippen molar-refractivity contribution in [3.05, 3.63) is 45.9 Å². The third kappa shape index (κ3) is 3.97. The van der Waals surface area contributed by atoms with Crippen LogP contribution in [0.4, 0.5) is 5.69 Å². The molecule has 1 aliphatic rings. The summed E-state index contributed by atoms with van der Waals surface area (Å²) in [6.45, 7) is 3.46. The van der Waals surface area contributed by atoms with Crippen molar-refractivity contribution in [2.24, 2.45) is 0 Å². The van der Waals surface area contributed by atoms with E-state index in [0.717, 1.165) is 36.9 Å². The minimum atomic E-state index is -0.1000. The highest BCUT2D eigenvalue weighted by molar-refractivity contribution is 7.14. The van der Waals surface area contributed by atoms with Crippen LogP contribution >= 0.6 is 11.3 Å². The summed E-state index contributed by atoms with van der Waals surface area (Å²) in [5.41, 5.74) is 2.33. The van der Waals surface area contributed by atoms with Crippen LogP contribution in [0.25, 0.3) is 12.2 Å². The molecular weight excluding hydrogens is 310 g/mol. The summed E-state index contributed by atoms with van der Waals surface area (Å²) in [7, 11) is 1.62. The number of carbonyl (C=O) groups is 1. The summed E-state index contributed by atoms with van der Waals surface area (Å²) in [6.07, 6.45) is 5.54. The van der Waals surface area contributed by atoms with Gasteiger partial charge in [0.1, 0.15) is 9.88 Å². The average molecular weight is 329 g/mol. The normalized spacial score (nSPS) is 15.1. The van der Waals surface area contributed by atoms with E-state index in [0.29, 0.717) is 4.88 Å². The number of benzene rings is 1. The summed E-state index contributed by atoms with van der Waals surface area (Å²) in [5, 5.41) is 3.42. The van der Waals surface area contributed by atoms with Crippen LogP contribution in [0.15, 0.2) is 30.5 Å². The van der Waals surface area contributed by atoms with E-state index < -0.39 is 0 Å². The molecule has 1 saturated heterocycles. The molecule has 0 unspecified atom stereocenters. The molecule has 1 N–H and O–H groups in total. The second-order valence-corrected chi connectivity index (χ2v) is 6.23. The first-order chi connectivity index (χ1) is 11.3. The highest BCUT2D eigenvalue weighted by Crippen LogP contribution is 2.19. The number of rotatable bonds is 4. The van der Waals surface area contributed by atoms with Gasteiger partial charge in [0.25, 0.3) is 5.91 Å². The summed E-state index contributed by atoms with van der Waals surface area (Å²) in [4.78, 5) is 18.7. The average Bonchev–Trinajstić information content (AvgIpc) is 3.09. The van der Waals surface area contributed by atoms with Crippen molar-refractivity contribution < 1.29 is 9.53 Å². The molecule has 2 heterocycles. The monoisotopic (exact) mass is 329 g/mol. The molecule has 0 radical (unpaired) electrons. The SMILES string of the molecule is CNC(=O)c1cnc(/C=C\c2ccc(N3CCOCC3)cc2)s1. The van der Waals surface area contributed by atoms with Crippen LogP contribution in [0.2, 0.25) is 0 Å². The van der Waals surface area contributed by atoms with E-state index in [4.69, 9.17) is 4.74 Å². The molecule has 0 saturated carbocycles. The summed E-state index contributed by atoms with van der Waals surface area (Å²) in [5.74, 6) is -0.1000. The molecule has 23 heavy (non-hydrogen) atoms. The number of hydrogen-bond donors (Lipinski definition) is 1. The van der Waals surface area contributed by atoms with E-state index in [1.807, 2.05) is 12.2 Å². The molecule has 1 amide bonds. The van der Waals surface area contributed by atoms with Gasteiger partial charge in [-0.05, 0) is 23.8 Å². The standard InChI is InChI=1S/C17H19N3O2S/c1-18-17(21)15-12-19-16(23-15)7-4-13-2-5-14(6-3-13)20-8-10-22-11-9-20/h2-7,12H,8-11H2,1H3,(H,18,21)/b7-4-. The van der Waals surface area contributed by atoms with Gasteiger partial charge in [-0.2, -0.15) is 0 Å². The van der Waals surface area contributed by atoms with Gasteiger partial charge in [-0.15, -0.1) is 11.3 Å². The van der Waals surface area contributed by atoms with Crippen molar-refractivity contribution >= 4 is 35.1 Å². The summed E-state index contributed by atoms with van der Waals surface area (Å²) >= 11 is 1.38. The van der Waals surface area contributed by atoms with E-state index in [1.165, 1.54) is 17.0 Å². The van der Waals surface area contributed by atoms with Crippen molar-refractivity contribution in [3.63, 3.8) is 0 Å². The Morgan fingerprint density at radius 1 is 1.26 bits per heavy atom. The first-order valence-electron chi connectivity index (χ1n) is 7.55. The Hall–Kier alpha value is -2.18. The topological polar surface area (TPSA) is 54.5 Å². The fourth-order valence-corrected chi connectivity index (χ4v) is 3.15. The van der Waals surface area contributed by atoms with Crippen molar-refractivity contribution in [3.8, 4) is 0 Å². The molecule has 120 valence electrons. The number of morpholine rings is 1. The van der Waals surface area contributed by atoms with Crippen molar-refractivity contribution in [1.29, 1.82) is 0 Å². The summed E-state index contributed by atoms with van der Waals surface area (Å²) in [6, 6.07) is 8.44. The number of carbonyl (C=O) groups excluding carboxylic acids is 1. The van der Waals surface area contributed by atoms with Crippen LogP contribution in [0.1, 0.15) is 20.2 Å². The highest BCUT2D eigenvalue weighted by Gasteiger charge is 2.10. The molecule has 1 aliphatic heterocycles. The number of anilines is 1. The maximum absolute atomic E-state index is 11.5. The highest BCUT2D eigenvalue weighted by atomic mass is 32.1. The van der Waals surface area contributed by atoms with E-state index in [2.05, 4.69) is 39.5 Å². The van der Waals surface area contributed by atoms with Gasteiger partial charge in [0.05, 0.1) is 19.4 Å². The Morgan fingerprint density at radius 3 is 2.70 bits per heavy atom. The van der Waals surface area contributed by atoms with Crippen LogP contribution in [0.5, 0.6) is 0 Å². The fourth-order valence-electron chi connectivity index (χ4n) is 2.38. The maximum Gasteiger partial charge on any atom is 0.262 e. The number of ether oxygens (including phenoxy) is 1. The van der Waals surface area contributed by atoms with Gasteiger partial charge in [0.2, 0.25) is 0 Å². The van der Waals surface area contributed by atoms with Crippen LogP contribution in [-0.2, 0) is 4.74 Å². The molecule has 0 bridgehead atoms. The first kappa shape index (κ1) is 15.7. The molecule has 1 fully saturated rings. The lowest BCUT2D eigenvalue weighted by Crippen LogP contribution is -2.36. The molecule has 0 spiro atoms. The fraction of sp³-hybridized carbons (Fsp3) is 0.294. The second kappa shape index (κ2) is 7.39. The largest absolute Gasteiger partial charge is 0.378 e. The minimum Gasteiger partial charge on any atom is -0.378 e. The first-order valence-corrected chi connectivity index (χ1v) is 8.36. The predicted molar refractivity (Wildman–Crippen MR) is 93.9 cm³/mol. The molecule has 0 atom stereocenters. The second-order valence-electron chi connectivity index (χ2n) is 5.17. The summed E-state index contributed by atoms with van der Waals surface area (Å²) < 4.78 is 5.37. The molecular formula is C17H19N3O2S. The van der Waals surface area contributed by atoms with Gasteiger partial charge in [0, 0.05) is 25.8 Å². The third-order valence-electron chi connectivity index (χ3n) is 3.66. The van der Waals surface area contributed by atoms with Crippen molar-refractivity contribution in [2.75, 3.05) is 38.3 Å². The van der Waals surface area contributed by atoms with Gasteiger partial charge < -0.3 is 15.0 Å². The number of hydrogen-bond acceptors (Lipinski definition) is 5. The molecule has 5 nitrogen and oxygen atoms in total. The number of thiazole rings is 1. The molecule has 1 aromatic heterocycles. The van der Waals surface area contributed by atoms with Crippen LogP contribution in [0, 0.1) is 0 Å². The van der Waals surface area contributed by atoms with Crippen LogP contribution in [0.3, 0.4) is 0 Å². The zero-order chi connectivity index (χ0) is 16.1. The predicted octanol–water partition coefficient (Wildman–Crippen LogP) is 2.51. The van der Waals surface area contributed by atoms with E-state index in [1.54, 1.807) is 13.2 Å². The van der Waals surface area contributed by atoms with Gasteiger partial charge in [-0.3, -0.25) is 4.79 Å². The number of nitrogens with one attached hydrogen (secondary N) is 1. The molecule has 6 heteroatoms. The Bertz CT molecular complexity index is 688. The van der Waals surface area contributed by atoms with Crippen molar-refractivity contribution in [2.45, 2.75) is 0 Å². The molecule has 3 rings (SSSR count). The minimum absolute atomic E-state index is 0.1000. The van der Waals surface area contributed by atoms with E-state index in [9.17, 15) is 4.79 Å². The quantitative estimate of drug-likeness (QED) is 0.936. The lowest BCUT2D eigenvalue weighted by molar-refractivity contribution is 0.0967. The molecule has 2 aromatic rings. The van der Waals surface area contributed by atoms with Crippen molar-refractivity contribution in [1.82, 2.24) is 10.3 Å². The van der Waals surface area contributed by atoms with Crippen LogP contribution < -0.4 is 10.2 Å². The lowest BCUT2D eigenvalue weighted by atomic mass is 10.2. The lowest BCUT2D eigenvalue weighted by Gasteiger charge is -2.28. The third-order valence-corrected chi connectivity index (χ3v) is 4.62. The zero-order valence-electron chi connectivity index (χ0n) is 13.0. The van der Waals surface area contributed by atoms with Gasteiger partial charge in [0.15, 0.2) is 0 Å². The molecule has 1 aromatic carbocycles. The van der Waals surface area contributed by atoms with Gasteiger partial charge in [-0.25, -0.2) is 4.98 Å². The zero-order valence-corrected chi connectivity index (χ0v) is 13.8. The van der Waals surface area contributed by atoms with Crippen LogP contribution in [-0.4, -0.2) is 44.2 Å². The smallest absolute Gasteiger partial charge is 0.262 e. The van der Waals surface area contributed by atoms with E-state index >= 15 is 0 Å². The Labute approximate surface area is 139 Å². The number of aromatic nitrogens is 1. The number of amides is 1. The number of nitrogens with zero attached hydrogens (tertiary/aromatic N) is 2. The van der Waals surface area contributed by atoms with Gasteiger partial charge in [-0.1, -0.05) is 18.2 Å². The molecule has 0 aliphatic carbocycles. The Balaban J connectivity index is 1.65. The Kier molecular flexibility index (Phi) is 5.05.